The third kappa shape index (κ3) is 5.55. The molecule has 3 heteroatoms. The van der Waals surface area contributed by atoms with E-state index in [-0.39, 0.29) is 0 Å². The fourth-order valence-electron chi connectivity index (χ4n) is 1.75. The summed E-state index contributed by atoms with van der Waals surface area (Å²) in [6.07, 6.45) is 6.88. The summed E-state index contributed by atoms with van der Waals surface area (Å²) in [7, 11) is 0. The Balaban J connectivity index is 1.97. The normalized spacial score (nSPS) is 25.7. The first kappa shape index (κ1) is 13.0. The summed E-state index contributed by atoms with van der Waals surface area (Å²) in [6.45, 7) is 5.11. The maximum Gasteiger partial charge on any atom is 0.0701 e. The third-order valence-electron chi connectivity index (χ3n) is 2.84. The van der Waals surface area contributed by atoms with E-state index in [9.17, 15) is 0 Å². The Morgan fingerprint density at radius 2 is 1.87 bits per heavy atom. The first-order valence-electron chi connectivity index (χ1n) is 5.71. The maximum absolute atomic E-state index is 5.59. The number of hydrogen-bond donors (Lipinski definition) is 0. The lowest BCUT2D eigenvalue weighted by Crippen LogP contribution is -2.20. The molecule has 0 aromatic carbocycles. The standard InChI is InChI=1S/C12H21ClO2/c1-11-4-2-3-5-12(11)10-15-9-8-14-7-6-13/h2-3,11-12H,4-10H2,1H3. The molecule has 0 aromatic rings. The monoisotopic (exact) mass is 232 g/mol. The number of alkyl halides is 1. The van der Waals surface area contributed by atoms with Crippen LogP contribution in [-0.4, -0.2) is 32.3 Å². The van der Waals surface area contributed by atoms with Crippen molar-refractivity contribution in [1.82, 2.24) is 0 Å². The number of hydrogen-bond acceptors (Lipinski definition) is 2. The first-order chi connectivity index (χ1) is 7.34. The van der Waals surface area contributed by atoms with Crippen LogP contribution in [0.2, 0.25) is 0 Å². The molecule has 0 N–H and O–H groups in total. The van der Waals surface area contributed by atoms with Crippen LogP contribution in [0, 0.1) is 11.8 Å². The fourth-order valence-corrected chi connectivity index (χ4v) is 1.86. The van der Waals surface area contributed by atoms with Crippen molar-refractivity contribution in [1.29, 1.82) is 0 Å². The van der Waals surface area contributed by atoms with Gasteiger partial charge in [-0.05, 0) is 24.7 Å². The topological polar surface area (TPSA) is 18.5 Å². The molecule has 0 heterocycles. The molecule has 0 aromatic heterocycles. The second kappa shape index (κ2) is 8.14. The average molecular weight is 233 g/mol. The highest BCUT2D eigenvalue weighted by Crippen LogP contribution is 2.24. The highest BCUT2D eigenvalue weighted by Gasteiger charge is 2.17. The van der Waals surface area contributed by atoms with E-state index < -0.39 is 0 Å². The van der Waals surface area contributed by atoms with Gasteiger partial charge in [0.15, 0.2) is 0 Å². The van der Waals surface area contributed by atoms with E-state index >= 15 is 0 Å². The van der Waals surface area contributed by atoms with Gasteiger partial charge in [-0.3, -0.25) is 0 Å². The Hall–Kier alpha value is -0.0500. The molecule has 88 valence electrons. The number of ether oxygens (including phenoxy) is 2. The van der Waals surface area contributed by atoms with Gasteiger partial charge in [0.25, 0.3) is 0 Å². The van der Waals surface area contributed by atoms with Gasteiger partial charge in [0.2, 0.25) is 0 Å². The van der Waals surface area contributed by atoms with E-state index in [1.807, 2.05) is 0 Å². The molecule has 0 fully saturated rings. The highest BCUT2D eigenvalue weighted by molar-refractivity contribution is 6.17. The molecular formula is C12H21ClO2. The van der Waals surface area contributed by atoms with Crippen molar-refractivity contribution in [2.24, 2.45) is 11.8 Å². The van der Waals surface area contributed by atoms with Gasteiger partial charge >= 0.3 is 0 Å². The number of rotatable bonds is 7. The van der Waals surface area contributed by atoms with Crippen LogP contribution >= 0.6 is 11.6 Å². The summed E-state index contributed by atoms with van der Waals surface area (Å²) in [4.78, 5) is 0. The molecule has 0 aliphatic heterocycles. The predicted octanol–water partition coefficient (Wildman–Crippen LogP) is 2.86. The van der Waals surface area contributed by atoms with Gasteiger partial charge in [0, 0.05) is 5.88 Å². The number of halogens is 1. The van der Waals surface area contributed by atoms with E-state index in [0.29, 0.717) is 31.6 Å². The van der Waals surface area contributed by atoms with E-state index in [2.05, 4.69) is 19.1 Å². The van der Waals surface area contributed by atoms with Gasteiger partial charge < -0.3 is 9.47 Å². The third-order valence-corrected chi connectivity index (χ3v) is 3.00. The van der Waals surface area contributed by atoms with Gasteiger partial charge in [-0.15, -0.1) is 11.6 Å². The molecule has 2 nitrogen and oxygen atoms in total. The Morgan fingerprint density at radius 1 is 1.13 bits per heavy atom. The molecule has 0 spiro atoms. The molecule has 15 heavy (non-hydrogen) atoms. The van der Waals surface area contributed by atoms with Gasteiger partial charge in [-0.2, -0.15) is 0 Å². The van der Waals surface area contributed by atoms with Crippen LogP contribution in [0.3, 0.4) is 0 Å². The average Bonchev–Trinajstić information content (AvgIpc) is 2.25. The summed E-state index contributed by atoms with van der Waals surface area (Å²) < 4.78 is 10.8. The van der Waals surface area contributed by atoms with E-state index in [4.69, 9.17) is 21.1 Å². The summed E-state index contributed by atoms with van der Waals surface area (Å²) >= 11 is 5.48. The van der Waals surface area contributed by atoms with Crippen molar-refractivity contribution in [2.75, 3.05) is 32.3 Å². The minimum absolute atomic E-state index is 0.560. The van der Waals surface area contributed by atoms with Crippen LogP contribution in [0.4, 0.5) is 0 Å². The van der Waals surface area contributed by atoms with Crippen molar-refractivity contribution in [3.8, 4) is 0 Å². The summed E-state index contributed by atoms with van der Waals surface area (Å²) in [5, 5.41) is 0. The molecule has 0 radical (unpaired) electrons. The second-order valence-corrected chi connectivity index (χ2v) is 4.43. The molecule has 1 aliphatic carbocycles. The van der Waals surface area contributed by atoms with Gasteiger partial charge in [0.1, 0.15) is 0 Å². The van der Waals surface area contributed by atoms with Crippen LogP contribution in [0.25, 0.3) is 0 Å². The Labute approximate surface area is 97.6 Å². The Bertz CT molecular complexity index is 182. The molecule has 0 saturated carbocycles. The summed E-state index contributed by atoms with van der Waals surface area (Å²) in [5.74, 6) is 1.99. The van der Waals surface area contributed by atoms with E-state index in [1.54, 1.807) is 0 Å². The summed E-state index contributed by atoms with van der Waals surface area (Å²) in [6, 6.07) is 0. The lowest BCUT2D eigenvalue weighted by molar-refractivity contribution is 0.0287. The number of allylic oxidation sites excluding steroid dienone is 2. The lowest BCUT2D eigenvalue weighted by atomic mass is 9.85. The minimum atomic E-state index is 0.560. The molecule has 1 rings (SSSR count). The van der Waals surface area contributed by atoms with Crippen LogP contribution in [0.15, 0.2) is 12.2 Å². The van der Waals surface area contributed by atoms with Crippen molar-refractivity contribution < 1.29 is 9.47 Å². The Kier molecular flexibility index (Phi) is 7.07. The quantitative estimate of drug-likeness (QED) is 0.382. The largest absolute Gasteiger partial charge is 0.379 e. The molecule has 0 bridgehead atoms. The van der Waals surface area contributed by atoms with Crippen LogP contribution in [0.5, 0.6) is 0 Å². The Morgan fingerprint density at radius 3 is 2.60 bits per heavy atom. The van der Waals surface area contributed by atoms with Crippen molar-refractivity contribution in [3.63, 3.8) is 0 Å². The lowest BCUT2D eigenvalue weighted by Gasteiger charge is -2.24. The second-order valence-electron chi connectivity index (χ2n) is 4.06. The minimum Gasteiger partial charge on any atom is -0.379 e. The maximum atomic E-state index is 5.59. The summed E-state index contributed by atoms with van der Waals surface area (Å²) in [5.41, 5.74) is 0. The highest BCUT2D eigenvalue weighted by atomic mass is 35.5. The van der Waals surface area contributed by atoms with Crippen molar-refractivity contribution in [3.05, 3.63) is 12.2 Å². The fraction of sp³-hybridized carbons (Fsp3) is 0.833. The molecule has 1 aliphatic rings. The molecule has 2 atom stereocenters. The van der Waals surface area contributed by atoms with E-state index in [0.717, 1.165) is 18.9 Å². The van der Waals surface area contributed by atoms with Crippen molar-refractivity contribution in [2.45, 2.75) is 19.8 Å². The van der Waals surface area contributed by atoms with Crippen LogP contribution < -0.4 is 0 Å². The smallest absolute Gasteiger partial charge is 0.0701 e. The molecule has 0 amide bonds. The zero-order valence-electron chi connectivity index (χ0n) is 9.45. The van der Waals surface area contributed by atoms with Crippen LogP contribution in [-0.2, 0) is 9.47 Å². The van der Waals surface area contributed by atoms with Gasteiger partial charge in [-0.1, -0.05) is 19.1 Å². The molecular weight excluding hydrogens is 212 g/mol. The zero-order valence-corrected chi connectivity index (χ0v) is 10.2. The molecule has 0 saturated heterocycles. The van der Waals surface area contributed by atoms with Gasteiger partial charge in [0.05, 0.1) is 26.4 Å². The van der Waals surface area contributed by atoms with Crippen LogP contribution in [0.1, 0.15) is 19.8 Å². The zero-order chi connectivity index (χ0) is 10.9. The SMILES string of the molecule is CC1CC=CCC1COCCOCCCl. The van der Waals surface area contributed by atoms with Crippen molar-refractivity contribution >= 4 is 11.6 Å². The molecule has 2 unspecified atom stereocenters. The van der Waals surface area contributed by atoms with Gasteiger partial charge in [-0.25, -0.2) is 0 Å². The predicted molar refractivity (Wildman–Crippen MR) is 63.4 cm³/mol. The first-order valence-corrected chi connectivity index (χ1v) is 6.24. The van der Waals surface area contributed by atoms with E-state index in [1.165, 1.54) is 6.42 Å².